The van der Waals surface area contributed by atoms with Gasteiger partial charge in [0.1, 0.15) is 5.82 Å². The van der Waals surface area contributed by atoms with Crippen LogP contribution in [0.5, 0.6) is 0 Å². The molecule has 0 aliphatic heterocycles. The van der Waals surface area contributed by atoms with Crippen LogP contribution in [0.1, 0.15) is 46.3 Å². The van der Waals surface area contributed by atoms with E-state index < -0.39 is 0 Å². The third kappa shape index (κ3) is 3.47. The van der Waals surface area contributed by atoms with Gasteiger partial charge < -0.3 is 5.32 Å². The molecule has 0 spiro atoms. The summed E-state index contributed by atoms with van der Waals surface area (Å²) in [4.78, 5) is 2.78. The number of hydrogen-bond donors (Lipinski definition) is 1. The van der Waals surface area contributed by atoms with Crippen molar-refractivity contribution in [1.82, 2.24) is 5.32 Å². The van der Waals surface area contributed by atoms with Crippen molar-refractivity contribution in [3.8, 4) is 0 Å². The van der Waals surface area contributed by atoms with Gasteiger partial charge >= 0.3 is 0 Å². The Morgan fingerprint density at radius 1 is 1.20 bits per heavy atom. The topological polar surface area (TPSA) is 12.0 Å². The lowest BCUT2D eigenvalue weighted by atomic mass is 10.1. The van der Waals surface area contributed by atoms with Gasteiger partial charge in [-0.2, -0.15) is 0 Å². The molecule has 1 aromatic heterocycles. The Morgan fingerprint density at radius 3 is 2.40 bits per heavy atom. The lowest BCUT2D eigenvalue weighted by molar-refractivity contribution is 0.577. The minimum Gasteiger partial charge on any atom is -0.305 e. The molecule has 0 bridgehead atoms. The number of rotatable bonds is 5. The molecule has 108 valence electrons. The first-order chi connectivity index (χ1) is 9.51. The van der Waals surface area contributed by atoms with Crippen LogP contribution in [0.2, 0.25) is 0 Å². The van der Waals surface area contributed by atoms with Crippen molar-refractivity contribution in [3.05, 3.63) is 56.5 Å². The highest BCUT2D eigenvalue weighted by Gasteiger charge is 2.09. The zero-order valence-corrected chi connectivity index (χ0v) is 13.4. The lowest BCUT2D eigenvalue weighted by Gasteiger charge is -2.13. The summed E-state index contributed by atoms with van der Waals surface area (Å²) in [7, 11) is 0. The number of thiophene rings is 1. The van der Waals surface area contributed by atoms with E-state index in [0.717, 1.165) is 29.7 Å². The molecule has 2 aromatic rings. The smallest absolute Gasteiger partial charge is 0.129 e. The van der Waals surface area contributed by atoms with Crippen LogP contribution in [0, 0.1) is 19.7 Å². The van der Waals surface area contributed by atoms with E-state index in [4.69, 9.17) is 0 Å². The molecular formula is C17H22FNS. The fourth-order valence-electron chi connectivity index (χ4n) is 2.33. The third-order valence-electron chi connectivity index (χ3n) is 3.57. The standard InChI is InChI=1S/C17H22FNS/c1-5-15-6-7-16(20-15)13(4)19-10-14-8-11(2)17(18)12(3)9-14/h6-9,13,19H,5,10H2,1-4H3. The summed E-state index contributed by atoms with van der Waals surface area (Å²) in [6.45, 7) is 8.76. The first kappa shape index (κ1) is 15.2. The molecule has 1 N–H and O–H groups in total. The molecule has 1 atom stereocenters. The maximum atomic E-state index is 13.6. The van der Waals surface area contributed by atoms with E-state index in [0.29, 0.717) is 6.04 Å². The molecule has 1 aromatic carbocycles. The van der Waals surface area contributed by atoms with Gasteiger partial charge in [0, 0.05) is 22.3 Å². The van der Waals surface area contributed by atoms with E-state index in [-0.39, 0.29) is 5.82 Å². The third-order valence-corrected chi connectivity index (χ3v) is 4.98. The average Bonchev–Trinajstić information content (AvgIpc) is 2.91. The van der Waals surface area contributed by atoms with Gasteiger partial charge in [-0.05, 0) is 56.0 Å². The van der Waals surface area contributed by atoms with Crippen LogP contribution in [-0.2, 0) is 13.0 Å². The van der Waals surface area contributed by atoms with Crippen molar-refractivity contribution in [3.63, 3.8) is 0 Å². The van der Waals surface area contributed by atoms with Gasteiger partial charge in [0.15, 0.2) is 0 Å². The highest BCUT2D eigenvalue weighted by atomic mass is 32.1. The van der Waals surface area contributed by atoms with E-state index in [1.165, 1.54) is 9.75 Å². The average molecular weight is 291 g/mol. The van der Waals surface area contributed by atoms with Crippen molar-refractivity contribution in [2.45, 2.75) is 46.7 Å². The van der Waals surface area contributed by atoms with E-state index in [2.05, 4.69) is 31.3 Å². The number of nitrogens with one attached hydrogen (secondary N) is 1. The summed E-state index contributed by atoms with van der Waals surface area (Å²) in [6.07, 6.45) is 1.09. The van der Waals surface area contributed by atoms with Crippen molar-refractivity contribution < 1.29 is 4.39 Å². The molecule has 3 heteroatoms. The molecule has 2 rings (SSSR count). The summed E-state index contributed by atoms with van der Waals surface area (Å²) in [6, 6.07) is 8.57. The van der Waals surface area contributed by atoms with Gasteiger partial charge in [0.25, 0.3) is 0 Å². The molecule has 1 heterocycles. The van der Waals surface area contributed by atoms with Crippen molar-refractivity contribution in [2.75, 3.05) is 0 Å². The SMILES string of the molecule is CCc1ccc(C(C)NCc2cc(C)c(F)c(C)c2)s1. The van der Waals surface area contributed by atoms with Crippen molar-refractivity contribution in [2.24, 2.45) is 0 Å². The van der Waals surface area contributed by atoms with Gasteiger partial charge in [-0.25, -0.2) is 4.39 Å². The lowest BCUT2D eigenvalue weighted by Crippen LogP contribution is -2.17. The summed E-state index contributed by atoms with van der Waals surface area (Å²) in [5.74, 6) is -0.0901. The van der Waals surface area contributed by atoms with Gasteiger partial charge in [0.05, 0.1) is 0 Å². The molecule has 0 saturated carbocycles. The Kier molecular flexibility index (Phi) is 4.95. The molecule has 0 saturated heterocycles. The van der Waals surface area contributed by atoms with Crippen LogP contribution < -0.4 is 5.32 Å². The Bertz CT molecular complexity index is 565. The highest BCUT2D eigenvalue weighted by Crippen LogP contribution is 2.24. The monoisotopic (exact) mass is 291 g/mol. The van der Waals surface area contributed by atoms with Crippen molar-refractivity contribution in [1.29, 1.82) is 0 Å². The van der Waals surface area contributed by atoms with Gasteiger partial charge in [0.2, 0.25) is 0 Å². The molecule has 0 amide bonds. The largest absolute Gasteiger partial charge is 0.305 e. The Balaban J connectivity index is 2.01. The van der Waals surface area contributed by atoms with Crippen LogP contribution in [0.15, 0.2) is 24.3 Å². The zero-order chi connectivity index (χ0) is 14.7. The van der Waals surface area contributed by atoms with Gasteiger partial charge in [-0.1, -0.05) is 19.1 Å². The first-order valence-corrected chi connectivity index (χ1v) is 7.90. The van der Waals surface area contributed by atoms with Crippen LogP contribution >= 0.6 is 11.3 Å². The van der Waals surface area contributed by atoms with Crippen LogP contribution in [0.4, 0.5) is 4.39 Å². The predicted molar refractivity (Wildman–Crippen MR) is 84.8 cm³/mol. The molecule has 0 aliphatic carbocycles. The number of benzene rings is 1. The molecule has 0 aliphatic rings. The molecule has 1 nitrogen and oxygen atoms in total. The molecule has 1 unspecified atom stereocenters. The summed E-state index contributed by atoms with van der Waals surface area (Å²) in [5.41, 5.74) is 2.58. The summed E-state index contributed by atoms with van der Waals surface area (Å²) < 4.78 is 13.6. The van der Waals surface area contributed by atoms with E-state index in [1.807, 2.05) is 37.3 Å². The second-order valence-corrected chi connectivity index (χ2v) is 6.50. The second-order valence-electron chi connectivity index (χ2n) is 5.30. The number of hydrogen-bond acceptors (Lipinski definition) is 2. The maximum Gasteiger partial charge on any atom is 0.129 e. The van der Waals surface area contributed by atoms with E-state index in [1.54, 1.807) is 0 Å². The predicted octanol–water partition coefficient (Wildman–Crippen LogP) is 4.92. The van der Waals surface area contributed by atoms with E-state index in [9.17, 15) is 4.39 Å². The zero-order valence-electron chi connectivity index (χ0n) is 12.6. The first-order valence-electron chi connectivity index (χ1n) is 7.09. The molecular weight excluding hydrogens is 269 g/mol. The maximum absolute atomic E-state index is 13.6. The molecule has 20 heavy (non-hydrogen) atoms. The summed E-state index contributed by atoms with van der Waals surface area (Å²) >= 11 is 1.86. The normalized spacial score (nSPS) is 12.7. The number of aryl methyl sites for hydroxylation is 3. The van der Waals surface area contributed by atoms with Crippen LogP contribution in [-0.4, -0.2) is 0 Å². The Labute approximate surface area is 124 Å². The van der Waals surface area contributed by atoms with Crippen molar-refractivity contribution >= 4 is 11.3 Å². The minimum absolute atomic E-state index is 0.0901. The fourth-order valence-corrected chi connectivity index (χ4v) is 3.31. The fraction of sp³-hybridized carbons (Fsp3) is 0.412. The minimum atomic E-state index is -0.0901. The summed E-state index contributed by atoms with van der Waals surface area (Å²) in [5, 5.41) is 3.51. The van der Waals surface area contributed by atoms with Crippen LogP contribution in [0.25, 0.3) is 0 Å². The van der Waals surface area contributed by atoms with Gasteiger partial charge in [-0.15, -0.1) is 11.3 Å². The van der Waals surface area contributed by atoms with Gasteiger partial charge in [-0.3, -0.25) is 0 Å². The molecule has 0 radical (unpaired) electrons. The quantitative estimate of drug-likeness (QED) is 0.824. The Morgan fingerprint density at radius 2 is 1.85 bits per heavy atom. The van der Waals surface area contributed by atoms with Crippen LogP contribution in [0.3, 0.4) is 0 Å². The Hall–Kier alpha value is -1.19. The second kappa shape index (κ2) is 6.51. The number of halogens is 1. The molecule has 0 fully saturated rings. The van der Waals surface area contributed by atoms with E-state index >= 15 is 0 Å². The highest BCUT2D eigenvalue weighted by molar-refractivity contribution is 7.12.